The van der Waals surface area contributed by atoms with Crippen molar-refractivity contribution in [2.24, 2.45) is 5.92 Å². The zero-order chi connectivity index (χ0) is 36.4. The van der Waals surface area contributed by atoms with Crippen molar-refractivity contribution in [3.63, 3.8) is 0 Å². The Hall–Kier alpha value is -2.74. The third-order valence-corrected chi connectivity index (χ3v) is 10.8. The van der Waals surface area contributed by atoms with Crippen molar-refractivity contribution in [1.82, 2.24) is 9.47 Å². The van der Waals surface area contributed by atoms with Crippen molar-refractivity contribution in [2.75, 3.05) is 44.2 Å². The number of carbonyl (C=O) groups is 1. The number of anilines is 1. The predicted molar refractivity (Wildman–Crippen MR) is 214 cm³/mol. The van der Waals surface area contributed by atoms with E-state index in [1.165, 1.54) is 57.8 Å². The molecule has 1 aliphatic heterocycles. The Morgan fingerprint density at radius 2 is 1.43 bits per heavy atom. The van der Waals surface area contributed by atoms with Gasteiger partial charge >= 0.3 is 5.97 Å². The SMILES string of the molecule is CCCCCCCCCCCCCCC(=O)OC(C(C)C)n1c(=O)ccc2ccc(OCCCCN3CCN(c4cccc(Cl)c4Cl)CC3)cc21. The zero-order valence-corrected chi connectivity index (χ0v) is 32.9. The fraction of sp³-hybridized carbons (Fsp3) is 0.619. The lowest BCUT2D eigenvalue weighted by Crippen LogP contribution is -2.46. The van der Waals surface area contributed by atoms with E-state index in [9.17, 15) is 9.59 Å². The number of halogens is 2. The number of rotatable bonds is 23. The standard InChI is InChI=1S/C42H61Cl2N3O4/c1-4-5-6-7-8-9-10-11-12-13-14-15-21-40(49)51-42(33(2)3)47-38-32-35(24-22-34(38)23-25-39(47)48)50-31-17-16-26-45-27-29-46(30-28-45)37-20-18-19-36(43)41(37)44/h18-20,22-25,32-33,42H,4-17,21,26-31H2,1-3H3. The van der Waals surface area contributed by atoms with Gasteiger partial charge in [0.15, 0.2) is 6.23 Å². The van der Waals surface area contributed by atoms with Gasteiger partial charge in [-0.25, -0.2) is 0 Å². The Kier molecular flexibility index (Phi) is 18.0. The van der Waals surface area contributed by atoms with Crippen LogP contribution in [0.3, 0.4) is 0 Å². The quantitative estimate of drug-likeness (QED) is 0.0712. The van der Waals surface area contributed by atoms with Gasteiger partial charge in [0.2, 0.25) is 0 Å². The zero-order valence-electron chi connectivity index (χ0n) is 31.4. The first-order chi connectivity index (χ1) is 24.8. The summed E-state index contributed by atoms with van der Waals surface area (Å²) < 4.78 is 13.8. The number of benzene rings is 2. The maximum absolute atomic E-state index is 13.2. The summed E-state index contributed by atoms with van der Waals surface area (Å²) in [6.45, 7) is 11.6. The molecule has 0 N–H and O–H groups in total. The summed E-state index contributed by atoms with van der Waals surface area (Å²) in [5.74, 6) is 0.388. The predicted octanol–water partition coefficient (Wildman–Crippen LogP) is 11.1. The summed E-state index contributed by atoms with van der Waals surface area (Å²) in [6, 6.07) is 15.0. The lowest BCUT2D eigenvalue weighted by molar-refractivity contribution is -0.157. The van der Waals surface area contributed by atoms with E-state index in [0.29, 0.717) is 28.8 Å². The molecule has 4 rings (SSSR count). The maximum Gasteiger partial charge on any atom is 0.307 e. The van der Waals surface area contributed by atoms with Crippen LogP contribution in [0.5, 0.6) is 5.75 Å². The summed E-state index contributed by atoms with van der Waals surface area (Å²) >= 11 is 12.7. The number of esters is 1. The number of hydrogen-bond donors (Lipinski definition) is 0. The molecule has 1 fully saturated rings. The first kappa shape index (κ1) is 41.0. The van der Waals surface area contributed by atoms with Crippen molar-refractivity contribution >= 4 is 45.8 Å². The second kappa shape index (κ2) is 22.4. The van der Waals surface area contributed by atoms with Gasteiger partial charge in [-0.1, -0.05) is 121 Å². The highest BCUT2D eigenvalue weighted by Crippen LogP contribution is 2.33. The molecule has 9 heteroatoms. The van der Waals surface area contributed by atoms with Crippen LogP contribution >= 0.6 is 23.2 Å². The van der Waals surface area contributed by atoms with Crippen LogP contribution < -0.4 is 15.2 Å². The Balaban J connectivity index is 1.20. The molecule has 0 amide bonds. The first-order valence-corrected chi connectivity index (χ1v) is 20.4. The van der Waals surface area contributed by atoms with Crippen LogP contribution in [0.15, 0.2) is 53.3 Å². The van der Waals surface area contributed by atoms with E-state index in [2.05, 4.69) is 16.7 Å². The van der Waals surface area contributed by atoms with Crippen LogP contribution in [0.1, 0.15) is 123 Å². The highest BCUT2D eigenvalue weighted by Gasteiger charge is 2.24. The average Bonchev–Trinajstić information content (AvgIpc) is 3.12. The van der Waals surface area contributed by atoms with Gasteiger partial charge < -0.3 is 14.4 Å². The second-order valence-electron chi connectivity index (χ2n) is 14.5. The minimum Gasteiger partial charge on any atom is -0.494 e. The summed E-state index contributed by atoms with van der Waals surface area (Å²) in [5, 5.41) is 2.12. The second-order valence-corrected chi connectivity index (χ2v) is 15.3. The molecule has 2 heterocycles. The molecule has 0 aliphatic carbocycles. The number of fused-ring (bicyclic) bond motifs is 1. The van der Waals surface area contributed by atoms with E-state index in [-0.39, 0.29) is 17.4 Å². The number of nitrogens with zero attached hydrogens (tertiary/aromatic N) is 3. The van der Waals surface area contributed by atoms with E-state index < -0.39 is 6.23 Å². The summed E-state index contributed by atoms with van der Waals surface area (Å²) in [4.78, 5) is 31.0. The highest BCUT2D eigenvalue weighted by molar-refractivity contribution is 6.43. The van der Waals surface area contributed by atoms with E-state index in [1.54, 1.807) is 10.6 Å². The number of pyridine rings is 1. The Morgan fingerprint density at radius 1 is 0.784 bits per heavy atom. The van der Waals surface area contributed by atoms with Crippen molar-refractivity contribution < 1.29 is 14.3 Å². The summed E-state index contributed by atoms with van der Waals surface area (Å²) in [5.41, 5.74) is 1.54. The van der Waals surface area contributed by atoms with Gasteiger partial charge in [-0.2, -0.15) is 0 Å². The largest absolute Gasteiger partial charge is 0.494 e. The maximum atomic E-state index is 13.2. The van der Waals surface area contributed by atoms with Gasteiger partial charge in [0.1, 0.15) is 5.75 Å². The molecule has 1 unspecified atom stereocenters. The van der Waals surface area contributed by atoms with E-state index >= 15 is 0 Å². The normalized spacial score (nSPS) is 14.4. The van der Waals surface area contributed by atoms with Gasteiger partial charge in [0, 0.05) is 50.7 Å². The van der Waals surface area contributed by atoms with E-state index in [1.807, 2.05) is 56.3 Å². The molecular weight excluding hydrogens is 681 g/mol. The molecule has 3 aromatic rings. The molecule has 0 saturated carbocycles. The molecule has 51 heavy (non-hydrogen) atoms. The van der Waals surface area contributed by atoms with Crippen molar-refractivity contribution in [3.05, 3.63) is 68.9 Å². The smallest absolute Gasteiger partial charge is 0.307 e. The van der Waals surface area contributed by atoms with Gasteiger partial charge in [0.05, 0.1) is 27.9 Å². The molecule has 282 valence electrons. The average molecular weight is 743 g/mol. The number of ether oxygens (including phenoxy) is 2. The van der Waals surface area contributed by atoms with E-state index in [0.717, 1.165) is 81.4 Å². The summed E-state index contributed by atoms with van der Waals surface area (Å²) in [6.07, 6.45) is 16.6. The first-order valence-electron chi connectivity index (χ1n) is 19.7. The van der Waals surface area contributed by atoms with Gasteiger partial charge in [0.25, 0.3) is 5.56 Å². The van der Waals surface area contributed by atoms with Crippen molar-refractivity contribution in [2.45, 2.75) is 123 Å². The molecular formula is C42H61Cl2N3O4. The van der Waals surface area contributed by atoms with Crippen LogP contribution in [-0.2, 0) is 9.53 Å². The van der Waals surface area contributed by atoms with Gasteiger partial charge in [-0.15, -0.1) is 0 Å². The number of piperazine rings is 1. The third kappa shape index (κ3) is 13.3. The number of unbranched alkanes of at least 4 members (excludes halogenated alkanes) is 12. The molecule has 1 aromatic heterocycles. The lowest BCUT2D eigenvalue weighted by atomic mass is 10.0. The topological polar surface area (TPSA) is 64.0 Å². The highest BCUT2D eigenvalue weighted by atomic mass is 35.5. The van der Waals surface area contributed by atoms with Crippen LogP contribution in [0, 0.1) is 5.92 Å². The van der Waals surface area contributed by atoms with Crippen molar-refractivity contribution in [3.8, 4) is 5.75 Å². The molecule has 1 aliphatic rings. The number of aromatic nitrogens is 1. The van der Waals surface area contributed by atoms with Crippen LogP contribution in [0.4, 0.5) is 5.69 Å². The van der Waals surface area contributed by atoms with Crippen LogP contribution in [0.2, 0.25) is 10.0 Å². The minimum atomic E-state index is -0.684. The Labute approximate surface area is 316 Å². The molecule has 1 atom stereocenters. The molecule has 0 spiro atoms. The van der Waals surface area contributed by atoms with E-state index in [4.69, 9.17) is 32.7 Å². The molecule has 2 aromatic carbocycles. The lowest BCUT2D eigenvalue weighted by Gasteiger charge is -2.36. The Bertz CT molecular complexity index is 1540. The van der Waals surface area contributed by atoms with Crippen LogP contribution in [-0.4, -0.2) is 54.8 Å². The fourth-order valence-electron chi connectivity index (χ4n) is 6.95. The monoisotopic (exact) mass is 741 g/mol. The third-order valence-electron chi connectivity index (χ3n) is 10.00. The van der Waals surface area contributed by atoms with Gasteiger partial charge in [-0.05, 0) is 61.5 Å². The fourth-order valence-corrected chi connectivity index (χ4v) is 7.37. The van der Waals surface area contributed by atoms with Gasteiger partial charge in [-0.3, -0.25) is 19.1 Å². The Morgan fingerprint density at radius 3 is 2.10 bits per heavy atom. The molecule has 7 nitrogen and oxygen atoms in total. The number of hydrogen-bond acceptors (Lipinski definition) is 6. The van der Waals surface area contributed by atoms with Crippen molar-refractivity contribution in [1.29, 1.82) is 0 Å². The summed E-state index contributed by atoms with van der Waals surface area (Å²) in [7, 11) is 0. The molecule has 0 radical (unpaired) electrons. The van der Waals surface area contributed by atoms with Crippen LogP contribution in [0.25, 0.3) is 10.9 Å². The molecule has 1 saturated heterocycles. The molecule has 0 bridgehead atoms. The number of carbonyl (C=O) groups excluding carboxylic acids is 1. The minimum absolute atomic E-state index is 0.0758.